The van der Waals surface area contributed by atoms with E-state index in [1.54, 1.807) is 0 Å². The van der Waals surface area contributed by atoms with Crippen LogP contribution in [0.3, 0.4) is 0 Å². The molecule has 0 bridgehead atoms. The number of rotatable bonds is 5. The molecular formula is C22H21N3O. The van der Waals surface area contributed by atoms with Gasteiger partial charge in [0, 0.05) is 23.4 Å². The van der Waals surface area contributed by atoms with E-state index in [0.29, 0.717) is 11.8 Å². The number of nitrogens with zero attached hydrogens (tertiary/aromatic N) is 3. The van der Waals surface area contributed by atoms with Crippen molar-refractivity contribution in [2.24, 2.45) is 0 Å². The van der Waals surface area contributed by atoms with Crippen LogP contribution in [0.25, 0.3) is 28.6 Å². The molecule has 0 radical (unpaired) electrons. The molecule has 0 aliphatic heterocycles. The van der Waals surface area contributed by atoms with Crippen molar-refractivity contribution in [2.75, 3.05) is 0 Å². The van der Waals surface area contributed by atoms with Crippen molar-refractivity contribution in [2.45, 2.75) is 26.3 Å². The second-order valence-electron chi connectivity index (χ2n) is 6.61. The highest BCUT2D eigenvalue weighted by Crippen LogP contribution is 2.28. The van der Waals surface area contributed by atoms with Gasteiger partial charge in [-0.3, -0.25) is 0 Å². The molecule has 2 aromatic carbocycles. The maximum Gasteiger partial charge on any atom is 0.264 e. The monoisotopic (exact) mass is 343 g/mol. The van der Waals surface area contributed by atoms with E-state index in [4.69, 9.17) is 4.42 Å². The van der Waals surface area contributed by atoms with Gasteiger partial charge in [-0.2, -0.15) is 0 Å². The van der Waals surface area contributed by atoms with Gasteiger partial charge in [-0.1, -0.05) is 74.5 Å². The van der Waals surface area contributed by atoms with E-state index in [2.05, 4.69) is 77.2 Å². The lowest BCUT2D eigenvalue weighted by atomic mass is 10.2. The maximum absolute atomic E-state index is 5.90. The molecule has 0 saturated heterocycles. The van der Waals surface area contributed by atoms with E-state index >= 15 is 0 Å². The summed E-state index contributed by atoms with van der Waals surface area (Å²) in [6.45, 7) is 4.84. The van der Waals surface area contributed by atoms with E-state index in [9.17, 15) is 0 Å². The minimum atomic E-state index is 0.215. The summed E-state index contributed by atoms with van der Waals surface area (Å²) >= 11 is 0. The van der Waals surface area contributed by atoms with Gasteiger partial charge in [0.15, 0.2) is 0 Å². The molecule has 130 valence electrons. The summed E-state index contributed by atoms with van der Waals surface area (Å²) in [6, 6.07) is 20.7. The van der Waals surface area contributed by atoms with Gasteiger partial charge in [0.25, 0.3) is 5.89 Å². The third kappa shape index (κ3) is 3.18. The van der Waals surface area contributed by atoms with E-state index in [-0.39, 0.29) is 5.92 Å². The normalized spacial score (nSPS) is 11.8. The number of allylic oxidation sites excluding steroid dienone is 1. The number of benzene rings is 2. The number of aromatic nitrogens is 3. The average Bonchev–Trinajstić information content (AvgIpc) is 3.28. The molecule has 0 unspecified atom stereocenters. The van der Waals surface area contributed by atoms with Crippen molar-refractivity contribution in [3.63, 3.8) is 0 Å². The molecule has 4 nitrogen and oxygen atoms in total. The van der Waals surface area contributed by atoms with Gasteiger partial charge in [-0.25, -0.2) is 0 Å². The van der Waals surface area contributed by atoms with E-state index in [1.807, 2.05) is 24.3 Å². The molecule has 2 aromatic heterocycles. The van der Waals surface area contributed by atoms with Gasteiger partial charge in [0.1, 0.15) is 5.69 Å². The Kier molecular flexibility index (Phi) is 4.40. The van der Waals surface area contributed by atoms with Gasteiger partial charge in [-0.15, -0.1) is 10.2 Å². The fraction of sp³-hybridized carbons (Fsp3) is 0.182. The second-order valence-corrected chi connectivity index (χ2v) is 6.61. The largest absolute Gasteiger partial charge is 0.419 e. The zero-order valence-corrected chi connectivity index (χ0v) is 15.0. The average molecular weight is 343 g/mol. The van der Waals surface area contributed by atoms with Crippen LogP contribution in [0.15, 0.2) is 71.2 Å². The Bertz CT molecular complexity index is 1040. The van der Waals surface area contributed by atoms with Crippen molar-refractivity contribution in [3.05, 3.63) is 78.2 Å². The van der Waals surface area contributed by atoms with Crippen LogP contribution in [-0.2, 0) is 6.54 Å². The van der Waals surface area contributed by atoms with Crippen molar-refractivity contribution < 1.29 is 4.42 Å². The fourth-order valence-electron chi connectivity index (χ4n) is 3.01. The number of para-hydroxylation sites is 1. The molecule has 4 heteroatoms. The Morgan fingerprint density at radius 2 is 1.77 bits per heavy atom. The molecule has 0 atom stereocenters. The summed E-state index contributed by atoms with van der Waals surface area (Å²) < 4.78 is 8.11. The summed E-state index contributed by atoms with van der Waals surface area (Å²) in [5.41, 5.74) is 3.29. The van der Waals surface area contributed by atoms with E-state index < -0.39 is 0 Å². The summed E-state index contributed by atoms with van der Waals surface area (Å²) in [7, 11) is 0. The van der Waals surface area contributed by atoms with Gasteiger partial charge < -0.3 is 8.98 Å². The molecule has 0 fully saturated rings. The van der Waals surface area contributed by atoms with Gasteiger partial charge in [0.05, 0.1) is 0 Å². The molecule has 4 aromatic rings. The summed E-state index contributed by atoms with van der Waals surface area (Å²) in [5.74, 6) is 1.45. The SMILES string of the molecule is CC(C)c1nnc(-c2cc3ccccc3n2C/C=C/c2ccccc2)o1. The van der Waals surface area contributed by atoms with Crippen molar-refractivity contribution in [3.8, 4) is 11.6 Å². The first-order valence-corrected chi connectivity index (χ1v) is 8.86. The first-order valence-electron chi connectivity index (χ1n) is 8.86. The molecule has 0 spiro atoms. The van der Waals surface area contributed by atoms with E-state index in [1.165, 1.54) is 10.9 Å². The lowest BCUT2D eigenvalue weighted by molar-refractivity contribution is 0.478. The smallest absolute Gasteiger partial charge is 0.264 e. The lowest BCUT2D eigenvalue weighted by Gasteiger charge is -2.05. The lowest BCUT2D eigenvalue weighted by Crippen LogP contribution is -1.98. The zero-order valence-electron chi connectivity index (χ0n) is 15.0. The molecule has 0 aliphatic carbocycles. The van der Waals surface area contributed by atoms with Crippen molar-refractivity contribution in [1.29, 1.82) is 0 Å². The first kappa shape index (κ1) is 16.3. The van der Waals surface area contributed by atoms with Gasteiger partial charge >= 0.3 is 0 Å². The summed E-state index contributed by atoms with van der Waals surface area (Å²) in [6.07, 6.45) is 4.29. The standard InChI is InChI=1S/C22H21N3O/c1-16(2)21-23-24-22(26-21)20-15-18-12-6-7-13-19(18)25(20)14-8-11-17-9-4-3-5-10-17/h3-13,15-16H,14H2,1-2H3/b11-8+. The quantitative estimate of drug-likeness (QED) is 0.479. The third-order valence-corrected chi connectivity index (χ3v) is 4.36. The Morgan fingerprint density at radius 3 is 2.54 bits per heavy atom. The number of hydrogen-bond acceptors (Lipinski definition) is 3. The molecule has 2 heterocycles. The molecule has 4 rings (SSSR count). The highest BCUT2D eigenvalue weighted by Gasteiger charge is 2.16. The Labute approximate surface area is 152 Å². The Hall–Kier alpha value is -3.14. The molecule has 0 aliphatic rings. The van der Waals surface area contributed by atoms with Crippen LogP contribution in [-0.4, -0.2) is 14.8 Å². The number of hydrogen-bond donors (Lipinski definition) is 0. The van der Waals surface area contributed by atoms with Crippen LogP contribution in [0.1, 0.15) is 31.2 Å². The molecule has 26 heavy (non-hydrogen) atoms. The van der Waals surface area contributed by atoms with Crippen LogP contribution in [0, 0.1) is 0 Å². The third-order valence-electron chi connectivity index (χ3n) is 4.36. The Morgan fingerprint density at radius 1 is 1.00 bits per heavy atom. The first-order chi connectivity index (χ1) is 12.7. The van der Waals surface area contributed by atoms with Crippen LogP contribution in [0.4, 0.5) is 0 Å². The van der Waals surface area contributed by atoms with Gasteiger partial charge in [0.2, 0.25) is 5.89 Å². The predicted octanol–water partition coefficient (Wildman–Crippen LogP) is 5.53. The zero-order chi connectivity index (χ0) is 17.9. The molecular weight excluding hydrogens is 322 g/mol. The van der Waals surface area contributed by atoms with Crippen molar-refractivity contribution in [1.82, 2.24) is 14.8 Å². The molecule has 0 amide bonds. The van der Waals surface area contributed by atoms with Crippen LogP contribution in [0.2, 0.25) is 0 Å². The summed E-state index contributed by atoms with van der Waals surface area (Å²) in [4.78, 5) is 0. The minimum Gasteiger partial charge on any atom is -0.419 e. The topological polar surface area (TPSA) is 43.9 Å². The second kappa shape index (κ2) is 7.00. The van der Waals surface area contributed by atoms with E-state index in [0.717, 1.165) is 17.8 Å². The van der Waals surface area contributed by atoms with Crippen LogP contribution in [0.5, 0.6) is 0 Å². The maximum atomic E-state index is 5.90. The minimum absolute atomic E-state index is 0.215. The highest BCUT2D eigenvalue weighted by atomic mass is 16.4. The van der Waals surface area contributed by atoms with Crippen LogP contribution < -0.4 is 0 Å². The van der Waals surface area contributed by atoms with Crippen LogP contribution >= 0.6 is 0 Å². The number of fused-ring (bicyclic) bond motifs is 1. The molecule has 0 saturated carbocycles. The summed E-state index contributed by atoms with van der Waals surface area (Å²) in [5, 5.41) is 9.62. The molecule has 0 N–H and O–H groups in total. The fourth-order valence-corrected chi connectivity index (χ4v) is 3.01. The van der Waals surface area contributed by atoms with Gasteiger partial charge in [-0.05, 0) is 17.7 Å². The highest BCUT2D eigenvalue weighted by molar-refractivity contribution is 5.85. The van der Waals surface area contributed by atoms with Crippen molar-refractivity contribution >= 4 is 17.0 Å². The Balaban J connectivity index is 1.73. The predicted molar refractivity (Wildman–Crippen MR) is 105 cm³/mol.